The zero-order chi connectivity index (χ0) is 22.6. The average molecular weight is 432 g/mol. The van der Waals surface area contributed by atoms with Gasteiger partial charge in [-0.05, 0) is 44.9 Å². The third-order valence-corrected chi connectivity index (χ3v) is 5.27. The second kappa shape index (κ2) is 12.9. The third-order valence-electron chi connectivity index (χ3n) is 5.27. The lowest BCUT2D eigenvalue weighted by atomic mass is 10.1. The second-order valence-corrected chi connectivity index (χ2v) is 7.61. The van der Waals surface area contributed by atoms with E-state index in [0.717, 1.165) is 22.8 Å². The molecule has 0 saturated heterocycles. The SMILES string of the molecule is CCOC(=O)[C@@H](C)[NH+](CCOC)CC(=O)N(CCc1ccccc1)Cc1ccc(C)o1. The van der Waals surface area contributed by atoms with Crippen molar-refractivity contribution in [3.63, 3.8) is 0 Å². The van der Waals surface area contributed by atoms with E-state index in [0.29, 0.717) is 32.8 Å². The van der Waals surface area contributed by atoms with Gasteiger partial charge in [0.15, 0.2) is 12.6 Å². The van der Waals surface area contributed by atoms with Crippen LogP contribution in [0.25, 0.3) is 0 Å². The summed E-state index contributed by atoms with van der Waals surface area (Å²) in [5.41, 5.74) is 1.17. The Hall–Kier alpha value is -2.64. The van der Waals surface area contributed by atoms with Gasteiger partial charge in [-0.3, -0.25) is 4.79 Å². The molecular weight excluding hydrogens is 396 g/mol. The van der Waals surface area contributed by atoms with Crippen molar-refractivity contribution in [3.8, 4) is 0 Å². The highest BCUT2D eigenvalue weighted by Gasteiger charge is 2.30. The zero-order valence-corrected chi connectivity index (χ0v) is 19.1. The molecule has 7 nitrogen and oxygen atoms in total. The van der Waals surface area contributed by atoms with E-state index in [-0.39, 0.29) is 18.4 Å². The molecule has 1 unspecified atom stereocenters. The van der Waals surface area contributed by atoms with E-state index >= 15 is 0 Å². The van der Waals surface area contributed by atoms with Crippen LogP contribution in [0.4, 0.5) is 0 Å². The smallest absolute Gasteiger partial charge is 0.364 e. The molecule has 1 aromatic heterocycles. The van der Waals surface area contributed by atoms with Crippen LogP contribution in [0.2, 0.25) is 0 Å². The largest absolute Gasteiger partial charge is 0.464 e. The molecule has 7 heteroatoms. The quantitative estimate of drug-likeness (QED) is 0.488. The molecule has 0 aliphatic rings. The fraction of sp³-hybridized carbons (Fsp3) is 0.500. The van der Waals surface area contributed by atoms with E-state index in [2.05, 4.69) is 12.1 Å². The number of carbonyl (C=O) groups excluding carboxylic acids is 2. The van der Waals surface area contributed by atoms with Gasteiger partial charge in [-0.25, -0.2) is 4.79 Å². The lowest BCUT2D eigenvalue weighted by Gasteiger charge is -2.27. The lowest BCUT2D eigenvalue weighted by molar-refractivity contribution is -0.907. The summed E-state index contributed by atoms with van der Waals surface area (Å²) >= 11 is 0. The van der Waals surface area contributed by atoms with Crippen molar-refractivity contribution >= 4 is 11.9 Å². The van der Waals surface area contributed by atoms with Gasteiger partial charge in [-0.15, -0.1) is 0 Å². The number of hydrogen-bond donors (Lipinski definition) is 1. The molecule has 1 amide bonds. The van der Waals surface area contributed by atoms with Gasteiger partial charge in [0.05, 0.1) is 19.8 Å². The number of furan rings is 1. The minimum atomic E-state index is -0.458. The summed E-state index contributed by atoms with van der Waals surface area (Å²) in [6, 6.07) is 13.4. The first-order chi connectivity index (χ1) is 14.9. The molecule has 2 aromatic rings. The summed E-state index contributed by atoms with van der Waals surface area (Å²) in [4.78, 5) is 28.2. The monoisotopic (exact) mass is 431 g/mol. The van der Waals surface area contributed by atoms with Gasteiger partial charge >= 0.3 is 5.97 Å². The highest BCUT2D eigenvalue weighted by Crippen LogP contribution is 2.11. The number of esters is 1. The van der Waals surface area contributed by atoms with Gasteiger partial charge < -0.3 is 23.7 Å². The number of nitrogens with zero attached hydrogens (tertiary/aromatic N) is 1. The molecule has 0 aliphatic carbocycles. The van der Waals surface area contributed by atoms with Gasteiger partial charge in [-0.2, -0.15) is 0 Å². The van der Waals surface area contributed by atoms with Crippen molar-refractivity contribution in [2.45, 2.75) is 39.8 Å². The Morgan fingerprint density at radius 3 is 2.52 bits per heavy atom. The molecule has 0 aliphatic heterocycles. The number of aryl methyl sites for hydroxylation is 1. The fourth-order valence-electron chi connectivity index (χ4n) is 3.39. The van der Waals surface area contributed by atoms with E-state index in [1.165, 1.54) is 5.56 Å². The molecular formula is C24H35N2O5+. The molecule has 0 bridgehead atoms. The predicted octanol–water partition coefficient (Wildman–Crippen LogP) is 1.64. The molecule has 2 rings (SSSR count). The molecule has 1 N–H and O–H groups in total. The first-order valence-corrected chi connectivity index (χ1v) is 10.8. The second-order valence-electron chi connectivity index (χ2n) is 7.61. The van der Waals surface area contributed by atoms with Crippen LogP contribution in [0.3, 0.4) is 0 Å². The number of ether oxygens (including phenoxy) is 2. The summed E-state index contributed by atoms with van der Waals surface area (Å²) in [7, 11) is 1.61. The van der Waals surface area contributed by atoms with Crippen LogP contribution in [0, 0.1) is 6.92 Å². The van der Waals surface area contributed by atoms with Crippen LogP contribution in [0.15, 0.2) is 46.9 Å². The van der Waals surface area contributed by atoms with Crippen LogP contribution in [0.1, 0.15) is 30.9 Å². The van der Waals surface area contributed by atoms with E-state index in [1.54, 1.807) is 25.9 Å². The van der Waals surface area contributed by atoms with Gasteiger partial charge in [0, 0.05) is 13.7 Å². The third kappa shape index (κ3) is 8.19. The number of benzene rings is 1. The number of carbonyl (C=O) groups is 2. The van der Waals surface area contributed by atoms with Gasteiger partial charge in [-0.1, -0.05) is 30.3 Å². The number of amides is 1. The van der Waals surface area contributed by atoms with Crippen LogP contribution in [-0.4, -0.2) is 62.8 Å². The topological polar surface area (TPSA) is 73.4 Å². The molecule has 0 radical (unpaired) electrons. The summed E-state index contributed by atoms with van der Waals surface area (Å²) in [6.07, 6.45) is 0.743. The van der Waals surface area contributed by atoms with Crippen molar-refractivity contribution in [1.82, 2.24) is 4.90 Å². The molecule has 0 saturated carbocycles. The van der Waals surface area contributed by atoms with E-state index < -0.39 is 6.04 Å². The van der Waals surface area contributed by atoms with Crippen LogP contribution >= 0.6 is 0 Å². The zero-order valence-electron chi connectivity index (χ0n) is 19.1. The summed E-state index contributed by atoms with van der Waals surface area (Å²) < 4.78 is 16.1. The molecule has 31 heavy (non-hydrogen) atoms. The van der Waals surface area contributed by atoms with Gasteiger partial charge in [0.25, 0.3) is 5.91 Å². The predicted molar refractivity (Wildman–Crippen MR) is 118 cm³/mol. The number of hydrogen-bond acceptors (Lipinski definition) is 5. The fourth-order valence-corrected chi connectivity index (χ4v) is 3.39. The number of methoxy groups -OCH3 is 1. The number of quaternary nitrogens is 1. The number of rotatable bonds is 13. The molecule has 0 spiro atoms. The van der Waals surface area contributed by atoms with E-state index in [1.807, 2.05) is 37.3 Å². The van der Waals surface area contributed by atoms with Crippen LogP contribution in [-0.2, 0) is 32.0 Å². The van der Waals surface area contributed by atoms with Crippen molar-refractivity contribution in [3.05, 3.63) is 59.5 Å². The molecule has 170 valence electrons. The standard InChI is InChI=1S/C24H34N2O5/c1-5-30-24(28)20(3)25(15-16-29-4)18-23(27)26(17-22-12-11-19(2)31-22)14-13-21-9-7-6-8-10-21/h6-12,20H,5,13-18H2,1-4H3/p+1/t20-/m1/s1. The molecule has 0 fully saturated rings. The summed E-state index contributed by atoms with van der Waals surface area (Å²) in [5, 5.41) is 0. The van der Waals surface area contributed by atoms with Crippen LogP contribution < -0.4 is 4.90 Å². The normalized spacial score (nSPS) is 12.9. The minimum Gasteiger partial charge on any atom is -0.464 e. The van der Waals surface area contributed by atoms with Gasteiger partial charge in [0.1, 0.15) is 18.1 Å². The maximum Gasteiger partial charge on any atom is 0.364 e. The average Bonchev–Trinajstić information content (AvgIpc) is 3.18. The first kappa shape index (κ1) is 24.6. The maximum atomic E-state index is 13.3. The maximum absolute atomic E-state index is 13.3. The highest BCUT2D eigenvalue weighted by atomic mass is 16.5. The van der Waals surface area contributed by atoms with Crippen molar-refractivity contribution in [2.75, 3.05) is 40.0 Å². The molecule has 2 atom stereocenters. The number of nitrogens with one attached hydrogen (secondary N) is 1. The Kier molecular flexibility index (Phi) is 10.3. The Bertz CT molecular complexity index is 805. The summed E-state index contributed by atoms with van der Waals surface area (Å²) in [6.45, 7) is 7.90. The lowest BCUT2D eigenvalue weighted by Crippen LogP contribution is -3.18. The van der Waals surface area contributed by atoms with Gasteiger partial charge in [0.2, 0.25) is 0 Å². The van der Waals surface area contributed by atoms with E-state index in [9.17, 15) is 9.59 Å². The summed E-state index contributed by atoms with van der Waals surface area (Å²) in [5.74, 6) is 1.22. The van der Waals surface area contributed by atoms with Crippen LogP contribution in [0.5, 0.6) is 0 Å². The Morgan fingerprint density at radius 2 is 1.90 bits per heavy atom. The Balaban J connectivity index is 2.12. The highest BCUT2D eigenvalue weighted by molar-refractivity contribution is 5.78. The minimum absolute atomic E-state index is 0.0350. The molecule has 1 heterocycles. The Morgan fingerprint density at radius 1 is 1.16 bits per heavy atom. The van der Waals surface area contributed by atoms with E-state index in [4.69, 9.17) is 13.9 Å². The first-order valence-electron chi connectivity index (χ1n) is 10.8. The van der Waals surface area contributed by atoms with Crippen molar-refractivity contribution < 1.29 is 28.4 Å². The van der Waals surface area contributed by atoms with Crippen molar-refractivity contribution in [1.29, 1.82) is 0 Å². The molecule has 1 aromatic carbocycles. The Labute approximate surface area is 184 Å². The van der Waals surface area contributed by atoms with Crippen molar-refractivity contribution in [2.24, 2.45) is 0 Å².